The zero-order valence-electron chi connectivity index (χ0n) is 8.82. The third kappa shape index (κ3) is 4.05. The van der Waals surface area contributed by atoms with E-state index in [2.05, 4.69) is 11.8 Å². The molecule has 16 heavy (non-hydrogen) atoms. The molecule has 1 rings (SSSR count). The Morgan fingerprint density at radius 3 is 2.81 bits per heavy atom. The third-order valence-corrected chi connectivity index (χ3v) is 2.68. The molecule has 0 atom stereocenters. The van der Waals surface area contributed by atoms with E-state index in [0.717, 1.165) is 11.1 Å². The lowest BCUT2D eigenvalue weighted by Crippen LogP contribution is -2.11. The molecule has 0 unspecified atom stereocenters. The van der Waals surface area contributed by atoms with Gasteiger partial charge in [0.15, 0.2) is 5.12 Å². The van der Waals surface area contributed by atoms with Crippen LogP contribution in [0.25, 0.3) is 0 Å². The molecule has 0 heterocycles. The second-order valence-electron chi connectivity index (χ2n) is 2.99. The average molecular weight is 249 g/mol. The summed E-state index contributed by atoms with van der Waals surface area (Å²) in [5.41, 5.74) is 7.15. The first-order chi connectivity index (χ1) is 7.61. The molecule has 0 radical (unpaired) electrons. The summed E-state index contributed by atoms with van der Waals surface area (Å²) in [6.07, 6.45) is 0. The molecule has 0 aliphatic heterocycles. The predicted octanol–water partition coefficient (Wildman–Crippen LogP) is 1.95. The summed E-state index contributed by atoms with van der Waals surface area (Å²) in [4.78, 5) is 11.0. The minimum absolute atomic E-state index is 0.0666. The van der Waals surface area contributed by atoms with E-state index in [-0.39, 0.29) is 5.12 Å². The maximum Gasteiger partial charge on any atom is 0.186 e. The minimum Gasteiger partial charge on any atom is -0.389 e. The van der Waals surface area contributed by atoms with Gasteiger partial charge in [0.25, 0.3) is 0 Å². The van der Waals surface area contributed by atoms with E-state index in [0.29, 0.717) is 10.7 Å². The van der Waals surface area contributed by atoms with Crippen LogP contribution in [0, 0.1) is 11.8 Å². The highest BCUT2D eigenvalue weighted by atomic mass is 32.2. The molecule has 1 aromatic carbocycles. The summed E-state index contributed by atoms with van der Waals surface area (Å²) in [7, 11) is 0. The highest BCUT2D eigenvalue weighted by Gasteiger charge is 2.00. The Morgan fingerprint density at radius 2 is 2.19 bits per heavy atom. The van der Waals surface area contributed by atoms with Crippen molar-refractivity contribution < 1.29 is 4.79 Å². The number of hydrogen-bond acceptors (Lipinski definition) is 3. The second kappa shape index (κ2) is 6.31. The van der Waals surface area contributed by atoms with Gasteiger partial charge in [-0.05, 0) is 6.07 Å². The summed E-state index contributed by atoms with van der Waals surface area (Å²) in [6.45, 7) is 1.52. The van der Waals surface area contributed by atoms with Gasteiger partial charge in [-0.2, -0.15) is 0 Å². The van der Waals surface area contributed by atoms with Gasteiger partial charge in [-0.3, -0.25) is 4.79 Å². The number of hydrogen-bond donors (Lipinski definition) is 1. The molecule has 1 aromatic rings. The van der Waals surface area contributed by atoms with E-state index in [1.165, 1.54) is 18.7 Å². The van der Waals surface area contributed by atoms with Crippen LogP contribution in [-0.4, -0.2) is 15.9 Å². The van der Waals surface area contributed by atoms with Crippen LogP contribution in [-0.2, 0) is 4.79 Å². The lowest BCUT2D eigenvalue weighted by molar-refractivity contribution is -0.109. The van der Waals surface area contributed by atoms with Crippen LogP contribution >= 0.6 is 24.0 Å². The quantitative estimate of drug-likeness (QED) is 0.642. The number of carbonyl (C=O) groups excluding carboxylic acids is 1. The molecule has 0 spiro atoms. The molecule has 0 aromatic heterocycles. The summed E-state index contributed by atoms with van der Waals surface area (Å²) < 4.78 is 0. The Balaban J connectivity index is 2.80. The Hall–Kier alpha value is -1.31. The summed E-state index contributed by atoms with van der Waals surface area (Å²) in [5.74, 6) is 6.35. The fourth-order valence-electron chi connectivity index (χ4n) is 1.08. The van der Waals surface area contributed by atoms with Gasteiger partial charge in [-0.15, -0.1) is 0 Å². The van der Waals surface area contributed by atoms with Crippen LogP contribution in [0.1, 0.15) is 18.1 Å². The molecule has 4 heteroatoms. The molecule has 0 amide bonds. The van der Waals surface area contributed by atoms with Gasteiger partial charge >= 0.3 is 0 Å². The number of thioether (sulfide) groups is 1. The molecule has 2 nitrogen and oxygen atoms in total. The van der Waals surface area contributed by atoms with Crippen molar-refractivity contribution in [3.05, 3.63) is 35.4 Å². The molecule has 0 aliphatic rings. The zero-order chi connectivity index (χ0) is 12.0. The molecular weight excluding hydrogens is 238 g/mol. The van der Waals surface area contributed by atoms with Crippen molar-refractivity contribution in [3.8, 4) is 11.8 Å². The monoisotopic (exact) mass is 249 g/mol. The highest BCUT2D eigenvalue weighted by Crippen LogP contribution is 2.07. The normalized spacial score (nSPS) is 9.06. The first kappa shape index (κ1) is 12.8. The van der Waals surface area contributed by atoms with Crippen LogP contribution in [0.2, 0.25) is 0 Å². The predicted molar refractivity (Wildman–Crippen MR) is 72.3 cm³/mol. The lowest BCUT2D eigenvalue weighted by atomic mass is 10.1. The molecule has 2 N–H and O–H groups in total. The van der Waals surface area contributed by atoms with Crippen molar-refractivity contribution in [3.63, 3.8) is 0 Å². The zero-order valence-corrected chi connectivity index (χ0v) is 10.5. The maximum absolute atomic E-state index is 10.7. The first-order valence-corrected chi connectivity index (χ1v) is 6.01. The third-order valence-electron chi connectivity index (χ3n) is 1.76. The van der Waals surface area contributed by atoms with E-state index in [9.17, 15) is 4.79 Å². The smallest absolute Gasteiger partial charge is 0.186 e. The fraction of sp³-hybridized carbons (Fsp3) is 0.167. The summed E-state index contributed by atoms with van der Waals surface area (Å²) in [6, 6.07) is 7.44. The standard InChI is InChI=1S/C12H11NOS2/c1-9(14)16-8-4-6-10-5-2-3-7-11(10)12(13)15/h2-3,5,7H,8H2,1H3,(H2,13,15). The first-order valence-electron chi connectivity index (χ1n) is 4.62. The summed E-state index contributed by atoms with van der Waals surface area (Å²) >= 11 is 6.11. The van der Waals surface area contributed by atoms with Crippen LogP contribution in [0.5, 0.6) is 0 Å². The van der Waals surface area contributed by atoms with Crippen molar-refractivity contribution in [2.75, 3.05) is 5.75 Å². The van der Waals surface area contributed by atoms with Crippen LogP contribution < -0.4 is 5.73 Å². The van der Waals surface area contributed by atoms with Crippen LogP contribution in [0.4, 0.5) is 0 Å². The van der Waals surface area contributed by atoms with Crippen LogP contribution in [0.15, 0.2) is 24.3 Å². The van der Waals surface area contributed by atoms with Gasteiger partial charge in [-0.1, -0.05) is 54.0 Å². The van der Waals surface area contributed by atoms with Crippen molar-refractivity contribution in [2.45, 2.75) is 6.92 Å². The maximum atomic E-state index is 10.7. The molecular formula is C12H11NOS2. The van der Waals surface area contributed by atoms with Crippen molar-refractivity contribution in [2.24, 2.45) is 5.73 Å². The number of benzene rings is 1. The van der Waals surface area contributed by atoms with Gasteiger partial charge in [0.1, 0.15) is 4.99 Å². The number of thiocarbonyl (C=S) groups is 1. The average Bonchev–Trinajstić information content (AvgIpc) is 2.24. The molecule has 0 bridgehead atoms. The van der Waals surface area contributed by atoms with Crippen molar-refractivity contribution in [1.82, 2.24) is 0 Å². The van der Waals surface area contributed by atoms with Crippen molar-refractivity contribution in [1.29, 1.82) is 0 Å². The molecule has 0 aliphatic carbocycles. The Labute approximate surface area is 105 Å². The van der Waals surface area contributed by atoms with Gasteiger partial charge in [-0.25, -0.2) is 0 Å². The topological polar surface area (TPSA) is 43.1 Å². The van der Waals surface area contributed by atoms with E-state index in [4.69, 9.17) is 18.0 Å². The Bertz CT molecular complexity index is 471. The molecule has 0 saturated heterocycles. The number of rotatable bonds is 2. The van der Waals surface area contributed by atoms with Crippen molar-refractivity contribution >= 4 is 34.1 Å². The molecule has 0 fully saturated rings. The summed E-state index contributed by atoms with van der Waals surface area (Å²) in [5, 5.41) is 0.0666. The van der Waals surface area contributed by atoms with E-state index in [1.54, 1.807) is 0 Å². The second-order valence-corrected chi connectivity index (χ2v) is 4.58. The van der Waals surface area contributed by atoms with Gasteiger partial charge in [0.05, 0.1) is 5.75 Å². The fourth-order valence-corrected chi connectivity index (χ4v) is 1.60. The SMILES string of the molecule is CC(=O)SCC#Cc1ccccc1C(N)=S. The van der Waals surface area contributed by atoms with Gasteiger partial charge in [0, 0.05) is 18.1 Å². The van der Waals surface area contributed by atoms with E-state index >= 15 is 0 Å². The largest absolute Gasteiger partial charge is 0.389 e. The van der Waals surface area contributed by atoms with Crippen LogP contribution in [0.3, 0.4) is 0 Å². The van der Waals surface area contributed by atoms with E-state index < -0.39 is 0 Å². The van der Waals surface area contributed by atoms with Gasteiger partial charge < -0.3 is 5.73 Å². The van der Waals surface area contributed by atoms with E-state index in [1.807, 2.05) is 24.3 Å². The van der Waals surface area contributed by atoms with Gasteiger partial charge in [0.2, 0.25) is 0 Å². The Kier molecular flexibility index (Phi) is 5.03. The highest BCUT2D eigenvalue weighted by molar-refractivity contribution is 8.13. The molecule has 82 valence electrons. The molecule has 0 saturated carbocycles. The lowest BCUT2D eigenvalue weighted by Gasteiger charge is -2.00. The number of carbonyl (C=O) groups is 1. The number of nitrogens with two attached hydrogens (primary N) is 1. The minimum atomic E-state index is 0.0666. The Morgan fingerprint density at radius 1 is 1.50 bits per heavy atom.